The lowest BCUT2D eigenvalue weighted by atomic mass is 10.1. The van der Waals surface area contributed by atoms with Crippen LogP contribution in [0.25, 0.3) is 11.3 Å². The Bertz CT molecular complexity index is 934. The van der Waals surface area contributed by atoms with E-state index < -0.39 is 18.4 Å². The van der Waals surface area contributed by atoms with Crippen molar-refractivity contribution in [3.63, 3.8) is 0 Å². The molecule has 0 fully saturated rings. The number of carbonyl (C=O) groups excluding carboxylic acids is 1. The number of aromatic nitrogens is 2. The van der Waals surface area contributed by atoms with Crippen LogP contribution in [0.3, 0.4) is 0 Å². The van der Waals surface area contributed by atoms with Crippen molar-refractivity contribution in [1.29, 1.82) is 0 Å². The number of aryl methyl sites for hydroxylation is 1. The molecule has 0 spiro atoms. The van der Waals surface area contributed by atoms with Crippen LogP contribution in [0.15, 0.2) is 60.7 Å². The SMILES string of the molecule is Cn1nc(-c2ccccc2)cc1CNc1ccc(C(=O)NCC(=O)O)cc1. The number of aliphatic carboxylic acids is 1. The van der Waals surface area contributed by atoms with Crippen molar-refractivity contribution < 1.29 is 14.7 Å². The predicted molar refractivity (Wildman–Crippen MR) is 102 cm³/mol. The van der Waals surface area contributed by atoms with E-state index in [2.05, 4.69) is 15.7 Å². The van der Waals surface area contributed by atoms with E-state index in [0.29, 0.717) is 12.1 Å². The fraction of sp³-hybridized carbons (Fsp3) is 0.150. The zero-order valence-corrected chi connectivity index (χ0v) is 14.8. The van der Waals surface area contributed by atoms with Crippen molar-refractivity contribution in [2.75, 3.05) is 11.9 Å². The molecule has 0 aliphatic rings. The summed E-state index contributed by atoms with van der Waals surface area (Å²) in [6.45, 7) is 0.184. The summed E-state index contributed by atoms with van der Waals surface area (Å²) in [5.41, 5.74) is 4.27. The first-order chi connectivity index (χ1) is 13.0. The molecular formula is C20H20N4O3. The molecule has 1 aromatic heterocycles. The minimum atomic E-state index is -1.08. The highest BCUT2D eigenvalue weighted by Crippen LogP contribution is 2.19. The highest BCUT2D eigenvalue weighted by atomic mass is 16.4. The maximum atomic E-state index is 11.8. The van der Waals surface area contributed by atoms with Gasteiger partial charge in [-0.2, -0.15) is 5.10 Å². The second-order valence-electron chi connectivity index (χ2n) is 6.02. The average Bonchev–Trinajstić information content (AvgIpc) is 3.06. The summed E-state index contributed by atoms with van der Waals surface area (Å²) in [4.78, 5) is 22.3. The van der Waals surface area contributed by atoms with Crippen LogP contribution in [0.5, 0.6) is 0 Å². The summed E-state index contributed by atoms with van der Waals surface area (Å²) in [5.74, 6) is -1.49. The quantitative estimate of drug-likeness (QED) is 0.599. The molecular weight excluding hydrogens is 344 g/mol. The lowest BCUT2D eigenvalue weighted by Gasteiger charge is -2.08. The van der Waals surface area contributed by atoms with Crippen molar-refractivity contribution in [3.05, 3.63) is 71.9 Å². The highest BCUT2D eigenvalue weighted by Gasteiger charge is 2.09. The first-order valence-corrected chi connectivity index (χ1v) is 8.45. The highest BCUT2D eigenvalue weighted by molar-refractivity contribution is 5.96. The van der Waals surface area contributed by atoms with E-state index in [-0.39, 0.29) is 0 Å². The predicted octanol–water partition coefficient (Wildman–Crippen LogP) is 2.51. The van der Waals surface area contributed by atoms with Gasteiger partial charge in [-0.05, 0) is 30.3 Å². The fourth-order valence-electron chi connectivity index (χ4n) is 2.61. The molecule has 3 N–H and O–H groups in total. The molecule has 7 nitrogen and oxygen atoms in total. The Labute approximate surface area is 156 Å². The molecule has 0 aliphatic heterocycles. The van der Waals surface area contributed by atoms with Gasteiger partial charge in [0.1, 0.15) is 6.54 Å². The number of carboxylic acids is 1. The first-order valence-electron chi connectivity index (χ1n) is 8.45. The molecule has 7 heteroatoms. The average molecular weight is 364 g/mol. The Morgan fingerprint density at radius 1 is 1.07 bits per heavy atom. The van der Waals surface area contributed by atoms with Crippen molar-refractivity contribution in [3.8, 4) is 11.3 Å². The molecule has 0 saturated carbocycles. The Balaban J connectivity index is 1.61. The number of anilines is 1. The van der Waals surface area contributed by atoms with Gasteiger partial charge < -0.3 is 15.7 Å². The molecule has 0 saturated heterocycles. The lowest BCUT2D eigenvalue weighted by molar-refractivity contribution is -0.135. The van der Waals surface area contributed by atoms with Crippen LogP contribution in [0.4, 0.5) is 5.69 Å². The monoisotopic (exact) mass is 364 g/mol. The topological polar surface area (TPSA) is 96.3 Å². The minimum absolute atomic E-state index is 0.400. The number of carboxylic acid groups (broad SMARTS) is 1. The molecule has 3 rings (SSSR count). The van der Waals surface area contributed by atoms with Crippen LogP contribution in [0.1, 0.15) is 16.1 Å². The Morgan fingerprint density at radius 3 is 2.44 bits per heavy atom. The van der Waals surface area contributed by atoms with Crippen molar-refractivity contribution >= 4 is 17.6 Å². The Hall–Kier alpha value is -3.61. The number of hydrogen-bond acceptors (Lipinski definition) is 4. The number of rotatable bonds is 7. The van der Waals surface area contributed by atoms with E-state index in [1.165, 1.54) is 0 Å². The van der Waals surface area contributed by atoms with Gasteiger partial charge in [-0.25, -0.2) is 0 Å². The van der Waals surface area contributed by atoms with Crippen LogP contribution in [-0.2, 0) is 18.4 Å². The third kappa shape index (κ3) is 4.72. The summed E-state index contributed by atoms with van der Waals surface area (Å²) in [6.07, 6.45) is 0. The van der Waals surface area contributed by atoms with Gasteiger partial charge in [0, 0.05) is 23.9 Å². The van der Waals surface area contributed by atoms with Crippen LogP contribution in [0, 0.1) is 0 Å². The number of carbonyl (C=O) groups is 2. The second kappa shape index (κ2) is 8.18. The summed E-state index contributed by atoms with van der Waals surface area (Å²) in [7, 11) is 1.90. The summed E-state index contributed by atoms with van der Waals surface area (Å²) in [6, 6.07) is 18.9. The van der Waals surface area contributed by atoms with Crippen LogP contribution >= 0.6 is 0 Å². The molecule has 27 heavy (non-hydrogen) atoms. The van der Waals surface area contributed by atoms with Crippen LogP contribution < -0.4 is 10.6 Å². The molecule has 0 radical (unpaired) electrons. The van der Waals surface area contributed by atoms with E-state index in [1.54, 1.807) is 24.3 Å². The van der Waals surface area contributed by atoms with Crippen LogP contribution in [0.2, 0.25) is 0 Å². The molecule has 138 valence electrons. The largest absolute Gasteiger partial charge is 0.480 e. The maximum Gasteiger partial charge on any atom is 0.322 e. The molecule has 0 bridgehead atoms. The summed E-state index contributed by atoms with van der Waals surface area (Å²) >= 11 is 0. The smallest absolute Gasteiger partial charge is 0.322 e. The van der Waals surface area contributed by atoms with Gasteiger partial charge in [0.15, 0.2) is 0 Å². The van der Waals surface area contributed by atoms with E-state index in [0.717, 1.165) is 22.6 Å². The van der Waals surface area contributed by atoms with Gasteiger partial charge in [-0.3, -0.25) is 14.3 Å². The number of hydrogen-bond donors (Lipinski definition) is 3. The summed E-state index contributed by atoms with van der Waals surface area (Å²) < 4.78 is 1.84. The molecule has 2 aromatic carbocycles. The van der Waals surface area contributed by atoms with Gasteiger partial charge in [0.2, 0.25) is 0 Å². The van der Waals surface area contributed by atoms with Gasteiger partial charge in [-0.15, -0.1) is 0 Å². The van der Waals surface area contributed by atoms with Crippen molar-refractivity contribution in [1.82, 2.24) is 15.1 Å². The molecule has 0 aliphatic carbocycles. The molecule has 1 amide bonds. The summed E-state index contributed by atoms with van der Waals surface area (Å²) in [5, 5.41) is 18.8. The van der Waals surface area contributed by atoms with E-state index in [1.807, 2.05) is 48.1 Å². The maximum absolute atomic E-state index is 11.8. The molecule has 3 aromatic rings. The van der Waals surface area contributed by atoms with E-state index in [4.69, 9.17) is 5.11 Å². The van der Waals surface area contributed by atoms with E-state index in [9.17, 15) is 9.59 Å². The second-order valence-corrected chi connectivity index (χ2v) is 6.02. The number of nitrogens with one attached hydrogen (secondary N) is 2. The zero-order chi connectivity index (χ0) is 19.2. The zero-order valence-electron chi connectivity index (χ0n) is 14.8. The fourth-order valence-corrected chi connectivity index (χ4v) is 2.61. The van der Waals surface area contributed by atoms with Gasteiger partial charge in [0.25, 0.3) is 5.91 Å². The number of benzene rings is 2. The first kappa shape index (κ1) is 18.2. The number of amides is 1. The van der Waals surface area contributed by atoms with Gasteiger partial charge in [-0.1, -0.05) is 30.3 Å². The minimum Gasteiger partial charge on any atom is -0.480 e. The third-order valence-electron chi connectivity index (χ3n) is 4.07. The standard InChI is InChI=1S/C20H20N4O3/c1-24-17(11-18(23-24)14-5-3-2-4-6-14)12-21-16-9-7-15(8-10-16)20(27)22-13-19(25)26/h2-11,21H,12-13H2,1H3,(H,22,27)(H,25,26). The normalized spacial score (nSPS) is 10.4. The van der Waals surface area contributed by atoms with Crippen molar-refractivity contribution in [2.45, 2.75) is 6.54 Å². The van der Waals surface area contributed by atoms with Gasteiger partial charge in [0.05, 0.1) is 17.9 Å². The lowest BCUT2D eigenvalue weighted by Crippen LogP contribution is -2.29. The van der Waals surface area contributed by atoms with Crippen LogP contribution in [-0.4, -0.2) is 33.3 Å². The van der Waals surface area contributed by atoms with Crippen molar-refractivity contribution in [2.24, 2.45) is 7.05 Å². The van der Waals surface area contributed by atoms with Gasteiger partial charge >= 0.3 is 5.97 Å². The Morgan fingerprint density at radius 2 is 1.78 bits per heavy atom. The Kier molecular flexibility index (Phi) is 5.51. The van der Waals surface area contributed by atoms with E-state index >= 15 is 0 Å². The molecule has 0 unspecified atom stereocenters. The molecule has 1 heterocycles. The number of nitrogens with zero attached hydrogens (tertiary/aromatic N) is 2. The third-order valence-corrected chi connectivity index (χ3v) is 4.07. The molecule has 0 atom stereocenters.